The summed E-state index contributed by atoms with van der Waals surface area (Å²) in [5, 5.41) is 6.48. The zero-order valence-corrected chi connectivity index (χ0v) is 13.3. The van der Waals surface area contributed by atoms with E-state index in [4.69, 9.17) is 16.3 Å². The molecule has 0 unspecified atom stereocenters. The van der Waals surface area contributed by atoms with Crippen molar-refractivity contribution in [2.45, 2.75) is 26.7 Å². The van der Waals surface area contributed by atoms with E-state index in [2.05, 4.69) is 22.5 Å². The summed E-state index contributed by atoms with van der Waals surface area (Å²) in [7, 11) is 0. The van der Waals surface area contributed by atoms with Crippen molar-refractivity contribution in [3.05, 3.63) is 22.8 Å². The number of nitrogens with zero attached hydrogens (tertiary/aromatic N) is 1. The van der Waals surface area contributed by atoms with Crippen molar-refractivity contribution in [2.75, 3.05) is 31.6 Å². The number of hydrogen-bond acceptors (Lipinski definition) is 4. The number of amides is 1. The Labute approximate surface area is 130 Å². The zero-order valence-electron chi connectivity index (χ0n) is 12.5. The minimum atomic E-state index is -0.139. The van der Waals surface area contributed by atoms with E-state index in [1.807, 2.05) is 6.92 Å². The van der Waals surface area contributed by atoms with Crippen molar-refractivity contribution in [1.82, 2.24) is 10.3 Å². The van der Waals surface area contributed by atoms with Crippen LogP contribution < -0.4 is 10.6 Å². The molecule has 1 aliphatic rings. The Morgan fingerprint density at radius 1 is 1.48 bits per heavy atom. The lowest BCUT2D eigenvalue weighted by Gasteiger charge is -2.33. The highest BCUT2D eigenvalue weighted by Gasteiger charge is 2.27. The van der Waals surface area contributed by atoms with E-state index in [1.54, 1.807) is 12.3 Å². The maximum Gasteiger partial charge on any atom is 0.252 e. The predicted octanol–water partition coefficient (Wildman–Crippen LogP) is 2.71. The first kappa shape index (κ1) is 16.0. The molecule has 0 aliphatic carbocycles. The van der Waals surface area contributed by atoms with Crippen LogP contribution in [0.25, 0.3) is 0 Å². The summed E-state index contributed by atoms with van der Waals surface area (Å²) in [6, 6.07) is 1.65. The number of hydrogen-bond donors (Lipinski definition) is 2. The van der Waals surface area contributed by atoms with Crippen LogP contribution in [0.3, 0.4) is 0 Å². The van der Waals surface area contributed by atoms with Gasteiger partial charge in [-0.3, -0.25) is 4.79 Å². The first-order chi connectivity index (χ1) is 10.0. The summed E-state index contributed by atoms with van der Waals surface area (Å²) in [5.74, 6) is 0.465. The molecule has 2 heterocycles. The minimum absolute atomic E-state index is 0.106. The normalized spacial score (nSPS) is 17.3. The number of aromatic nitrogens is 1. The van der Waals surface area contributed by atoms with Gasteiger partial charge in [0.15, 0.2) is 0 Å². The molecular formula is C15H22ClN3O2. The third kappa shape index (κ3) is 4.32. The molecule has 116 valence electrons. The Balaban J connectivity index is 1.95. The average molecular weight is 312 g/mol. The molecule has 1 fully saturated rings. The summed E-state index contributed by atoms with van der Waals surface area (Å²) in [5.41, 5.74) is 0.590. The number of carbonyl (C=O) groups excluding carboxylic acids is 1. The summed E-state index contributed by atoms with van der Waals surface area (Å²) in [6.07, 6.45) is 3.48. The third-order valence-corrected chi connectivity index (χ3v) is 4.11. The lowest BCUT2D eigenvalue weighted by atomic mass is 9.82. The molecule has 0 saturated carbocycles. The van der Waals surface area contributed by atoms with Gasteiger partial charge in [0.1, 0.15) is 5.82 Å². The monoisotopic (exact) mass is 311 g/mol. The first-order valence-electron chi connectivity index (χ1n) is 7.29. The van der Waals surface area contributed by atoms with E-state index >= 15 is 0 Å². The first-order valence-corrected chi connectivity index (χ1v) is 7.67. The SMILES string of the molecule is CCNc1ncc(C(=O)NCC2(C)CCOCC2)cc1Cl. The molecule has 6 heteroatoms. The number of rotatable bonds is 5. The number of pyridine rings is 1. The molecule has 0 bridgehead atoms. The smallest absolute Gasteiger partial charge is 0.252 e. The maximum absolute atomic E-state index is 12.2. The van der Waals surface area contributed by atoms with Crippen LogP contribution in [0.2, 0.25) is 5.02 Å². The van der Waals surface area contributed by atoms with Crippen LogP contribution in [0.5, 0.6) is 0 Å². The third-order valence-electron chi connectivity index (χ3n) is 3.82. The summed E-state index contributed by atoms with van der Waals surface area (Å²) < 4.78 is 5.36. The molecule has 2 N–H and O–H groups in total. The number of carbonyl (C=O) groups is 1. The van der Waals surface area contributed by atoms with Gasteiger partial charge in [-0.1, -0.05) is 18.5 Å². The second-order valence-corrected chi connectivity index (χ2v) is 6.10. The fourth-order valence-electron chi connectivity index (χ4n) is 2.30. The number of anilines is 1. The van der Waals surface area contributed by atoms with E-state index in [-0.39, 0.29) is 11.3 Å². The Morgan fingerprint density at radius 2 is 2.19 bits per heavy atom. The van der Waals surface area contributed by atoms with Crippen molar-refractivity contribution in [1.29, 1.82) is 0 Å². The quantitative estimate of drug-likeness (QED) is 0.877. The Hall–Kier alpha value is -1.33. The standard InChI is InChI=1S/C15H22ClN3O2/c1-3-17-13-12(16)8-11(9-18-13)14(20)19-10-15(2)4-6-21-7-5-15/h8-9H,3-7,10H2,1-2H3,(H,17,18)(H,19,20). The van der Waals surface area contributed by atoms with Gasteiger partial charge in [0.25, 0.3) is 5.91 Å². The zero-order chi connectivity index (χ0) is 15.3. The second kappa shape index (κ2) is 7.09. The van der Waals surface area contributed by atoms with Gasteiger partial charge < -0.3 is 15.4 Å². The lowest BCUT2D eigenvalue weighted by Crippen LogP contribution is -2.39. The van der Waals surface area contributed by atoms with Crippen LogP contribution in [0.15, 0.2) is 12.3 Å². The van der Waals surface area contributed by atoms with Crippen LogP contribution in [-0.4, -0.2) is 37.2 Å². The Morgan fingerprint density at radius 3 is 2.81 bits per heavy atom. The summed E-state index contributed by atoms with van der Waals surface area (Å²) >= 11 is 6.11. The van der Waals surface area contributed by atoms with Gasteiger partial charge in [-0.2, -0.15) is 0 Å². The van der Waals surface area contributed by atoms with E-state index in [1.165, 1.54) is 0 Å². The van der Waals surface area contributed by atoms with Crippen LogP contribution in [-0.2, 0) is 4.74 Å². The average Bonchev–Trinajstić information content (AvgIpc) is 2.48. The molecule has 5 nitrogen and oxygen atoms in total. The van der Waals surface area contributed by atoms with Crippen LogP contribution in [0, 0.1) is 5.41 Å². The number of nitrogens with one attached hydrogen (secondary N) is 2. The molecule has 1 saturated heterocycles. The van der Waals surface area contributed by atoms with E-state index in [9.17, 15) is 4.79 Å². The highest BCUT2D eigenvalue weighted by molar-refractivity contribution is 6.33. The minimum Gasteiger partial charge on any atom is -0.381 e. The fourth-order valence-corrected chi connectivity index (χ4v) is 2.53. The number of ether oxygens (including phenoxy) is 1. The molecule has 2 rings (SSSR count). The van der Waals surface area contributed by atoms with E-state index in [0.717, 1.165) is 32.6 Å². The van der Waals surface area contributed by atoms with E-state index in [0.29, 0.717) is 22.9 Å². The molecule has 1 aliphatic heterocycles. The molecule has 1 aromatic heterocycles. The second-order valence-electron chi connectivity index (χ2n) is 5.69. The Kier molecular flexibility index (Phi) is 5.42. The molecule has 0 aromatic carbocycles. The van der Waals surface area contributed by atoms with Gasteiger partial charge in [0.05, 0.1) is 10.6 Å². The molecule has 1 amide bonds. The van der Waals surface area contributed by atoms with Crippen molar-refractivity contribution in [3.8, 4) is 0 Å². The summed E-state index contributed by atoms with van der Waals surface area (Å²) in [4.78, 5) is 16.4. The van der Waals surface area contributed by atoms with Gasteiger partial charge in [-0.05, 0) is 31.2 Å². The summed E-state index contributed by atoms with van der Waals surface area (Å²) in [6.45, 7) is 7.04. The highest BCUT2D eigenvalue weighted by atomic mass is 35.5. The van der Waals surface area contributed by atoms with E-state index < -0.39 is 0 Å². The van der Waals surface area contributed by atoms with Crippen molar-refractivity contribution >= 4 is 23.3 Å². The Bertz CT molecular complexity index is 502. The van der Waals surface area contributed by atoms with Gasteiger partial charge in [0.2, 0.25) is 0 Å². The molecule has 21 heavy (non-hydrogen) atoms. The molecule has 1 aromatic rings. The van der Waals surface area contributed by atoms with Gasteiger partial charge >= 0.3 is 0 Å². The largest absolute Gasteiger partial charge is 0.381 e. The molecule has 0 radical (unpaired) electrons. The van der Waals surface area contributed by atoms with Gasteiger partial charge in [-0.25, -0.2) is 4.98 Å². The van der Waals surface area contributed by atoms with Gasteiger partial charge in [-0.15, -0.1) is 0 Å². The predicted molar refractivity (Wildman–Crippen MR) is 83.9 cm³/mol. The van der Waals surface area contributed by atoms with Crippen LogP contribution in [0.1, 0.15) is 37.0 Å². The number of halogens is 1. The molecule has 0 spiro atoms. The maximum atomic E-state index is 12.2. The topological polar surface area (TPSA) is 63.2 Å². The van der Waals surface area contributed by atoms with Crippen molar-refractivity contribution < 1.29 is 9.53 Å². The van der Waals surface area contributed by atoms with Crippen molar-refractivity contribution in [2.24, 2.45) is 5.41 Å². The van der Waals surface area contributed by atoms with Gasteiger partial charge in [0, 0.05) is 32.5 Å². The van der Waals surface area contributed by atoms with Crippen molar-refractivity contribution in [3.63, 3.8) is 0 Å². The highest BCUT2D eigenvalue weighted by Crippen LogP contribution is 2.28. The molecule has 0 atom stereocenters. The fraction of sp³-hybridized carbons (Fsp3) is 0.600. The lowest BCUT2D eigenvalue weighted by molar-refractivity contribution is 0.0238. The van der Waals surface area contributed by atoms with Crippen LogP contribution in [0.4, 0.5) is 5.82 Å². The van der Waals surface area contributed by atoms with Crippen LogP contribution >= 0.6 is 11.6 Å². The molecular weight excluding hydrogens is 290 g/mol.